The van der Waals surface area contributed by atoms with E-state index in [1.54, 1.807) is 0 Å². The first kappa shape index (κ1) is 18.2. The van der Waals surface area contributed by atoms with Gasteiger partial charge in [0.15, 0.2) is 0 Å². The van der Waals surface area contributed by atoms with Crippen molar-refractivity contribution in [3.63, 3.8) is 0 Å². The molecule has 1 N–H and O–H groups in total. The van der Waals surface area contributed by atoms with Crippen LogP contribution < -0.4 is 0 Å². The third-order valence-electron chi connectivity index (χ3n) is 4.23. The van der Waals surface area contributed by atoms with Crippen LogP contribution >= 0.6 is 0 Å². The normalized spacial score (nSPS) is 12.5. The van der Waals surface area contributed by atoms with Crippen LogP contribution in [0, 0.1) is 6.92 Å². The predicted octanol–water partition coefficient (Wildman–Crippen LogP) is 6.45. The largest absolute Gasteiger partial charge is 0.251 e. The molecule has 1 atom stereocenters. The Balaban J connectivity index is 2.12. The molecule has 0 aliphatic heterocycles. The maximum absolute atomic E-state index is 9.13. The summed E-state index contributed by atoms with van der Waals surface area (Å²) in [7, 11) is 0. The van der Waals surface area contributed by atoms with Gasteiger partial charge < -0.3 is 0 Å². The van der Waals surface area contributed by atoms with Crippen LogP contribution in [0.4, 0.5) is 0 Å². The molecule has 0 aliphatic carbocycles. The Morgan fingerprint density at radius 1 is 0.905 bits per heavy atom. The maximum Gasteiger partial charge on any atom is 0.118 e. The van der Waals surface area contributed by atoms with E-state index in [-0.39, 0.29) is 6.10 Å². The summed E-state index contributed by atoms with van der Waals surface area (Å²) in [5.41, 5.74) is 2.30. The highest BCUT2D eigenvalue weighted by Gasteiger charge is 2.13. The highest BCUT2D eigenvalue weighted by atomic mass is 17.1. The van der Waals surface area contributed by atoms with Crippen LogP contribution in [0.1, 0.15) is 88.4 Å². The van der Waals surface area contributed by atoms with Gasteiger partial charge in [-0.15, -0.1) is 0 Å². The number of unbranched alkanes of at least 4 members (excludes halogenated alkanes) is 8. The minimum atomic E-state index is -0.171. The van der Waals surface area contributed by atoms with E-state index in [2.05, 4.69) is 24.8 Å². The lowest BCUT2D eigenvalue weighted by Gasteiger charge is -2.15. The zero-order valence-electron chi connectivity index (χ0n) is 13.8. The molecule has 2 heteroatoms. The minimum absolute atomic E-state index is 0.171. The molecule has 0 aliphatic rings. The molecular formula is C19H32O2. The second-order valence-electron chi connectivity index (χ2n) is 6.07. The number of hydrogen-bond donors (Lipinski definition) is 1. The van der Waals surface area contributed by atoms with Crippen molar-refractivity contribution in [1.29, 1.82) is 0 Å². The molecular weight excluding hydrogens is 260 g/mol. The summed E-state index contributed by atoms with van der Waals surface area (Å²) in [6, 6.07) is 8.14. The van der Waals surface area contributed by atoms with Gasteiger partial charge in [-0.3, -0.25) is 5.26 Å². The summed E-state index contributed by atoms with van der Waals surface area (Å²) in [6.45, 7) is 4.33. The molecule has 1 rings (SSSR count). The van der Waals surface area contributed by atoms with Gasteiger partial charge >= 0.3 is 0 Å². The van der Waals surface area contributed by atoms with Gasteiger partial charge in [-0.05, 0) is 24.5 Å². The van der Waals surface area contributed by atoms with Crippen molar-refractivity contribution in [3.8, 4) is 0 Å². The van der Waals surface area contributed by atoms with Crippen molar-refractivity contribution in [2.24, 2.45) is 0 Å². The first-order valence-electron chi connectivity index (χ1n) is 8.65. The zero-order valence-corrected chi connectivity index (χ0v) is 13.8. The summed E-state index contributed by atoms with van der Waals surface area (Å²) in [5, 5.41) is 9.13. The average molecular weight is 292 g/mol. The summed E-state index contributed by atoms with van der Waals surface area (Å²) in [4.78, 5) is 4.69. The first-order chi connectivity index (χ1) is 10.3. The molecule has 1 aromatic carbocycles. The van der Waals surface area contributed by atoms with E-state index >= 15 is 0 Å². The van der Waals surface area contributed by atoms with Gasteiger partial charge in [-0.25, -0.2) is 4.89 Å². The summed E-state index contributed by atoms with van der Waals surface area (Å²) >= 11 is 0. The number of benzene rings is 1. The van der Waals surface area contributed by atoms with Crippen LogP contribution in [0.15, 0.2) is 24.3 Å². The fourth-order valence-electron chi connectivity index (χ4n) is 2.85. The molecule has 21 heavy (non-hydrogen) atoms. The van der Waals surface area contributed by atoms with E-state index in [9.17, 15) is 0 Å². The zero-order chi connectivity index (χ0) is 15.3. The van der Waals surface area contributed by atoms with Crippen molar-refractivity contribution in [1.82, 2.24) is 0 Å². The van der Waals surface area contributed by atoms with E-state index < -0.39 is 0 Å². The molecule has 0 amide bonds. The van der Waals surface area contributed by atoms with Gasteiger partial charge in [0.2, 0.25) is 0 Å². The quantitative estimate of drug-likeness (QED) is 0.272. The van der Waals surface area contributed by atoms with Gasteiger partial charge in [0.05, 0.1) is 0 Å². The number of aryl methyl sites for hydroxylation is 1. The third-order valence-corrected chi connectivity index (χ3v) is 4.23. The fourth-order valence-corrected chi connectivity index (χ4v) is 2.85. The monoisotopic (exact) mass is 292 g/mol. The molecule has 0 saturated heterocycles. The molecule has 0 bridgehead atoms. The van der Waals surface area contributed by atoms with E-state index in [0.29, 0.717) is 0 Å². The Kier molecular flexibility index (Phi) is 10.2. The lowest BCUT2D eigenvalue weighted by atomic mass is 9.98. The Bertz CT molecular complexity index is 362. The topological polar surface area (TPSA) is 29.5 Å². The van der Waals surface area contributed by atoms with Crippen molar-refractivity contribution in [3.05, 3.63) is 35.4 Å². The average Bonchev–Trinajstić information content (AvgIpc) is 2.50. The van der Waals surface area contributed by atoms with E-state index in [0.717, 1.165) is 18.4 Å². The molecule has 0 heterocycles. The number of hydrogen-bond acceptors (Lipinski definition) is 2. The van der Waals surface area contributed by atoms with E-state index in [1.165, 1.54) is 56.9 Å². The Morgan fingerprint density at radius 3 is 2.05 bits per heavy atom. The molecule has 1 aromatic rings. The standard InChI is InChI=1S/C19H32O2/c1-3-4-5-6-7-8-9-10-11-16-19(21-20)18-15-13-12-14-17(18)2/h12-15,19-20H,3-11,16H2,1-2H3. The Hall–Kier alpha value is -0.860. The van der Waals surface area contributed by atoms with E-state index in [4.69, 9.17) is 5.26 Å². The van der Waals surface area contributed by atoms with Crippen LogP contribution in [0.5, 0.6) is 0 Å². The maximum atomic E-state index is 9.13. The van der Waals surface area contributed by atoms with Crippen LogP contribution in [-0.4, -0.2) is 5.26 Å². The molecule has 0 aromatic heterocycles. The lowest BCUT2D eigenvalue weighted by Crippen LogP contribution is -2.03. The molecule has 1 unspecified atom stereocenters. The smallest absolute Gasteiger partial charge is 0.118 e. The summed E-state index contributed by atoms with van der Waals surface area (Å²) in [5.74, 6) is 0. The van der Waals surface area contributed by atoms with Gasteiger partial charge in [0.1, 0.15) is 6.10 Å². The molecule has 0 radical (unpaired) electrons. The van der Waals surface area contributed by atoms with Crippen molar-refractivity contribution in [2.75, 3.05) is 0 Å². The predicted molar refractivity (Wildman–Crippen MR) is 89.5 cm³/mol. The summed E-state index contributed by atoms with van der Waals surface area (Å²) < 4.78 is 0. The highest BCUT2D eigenvalue weighted by Crippen LogP contribution is 2.26. The third kappa shape index (κ3) is 7.63. The molecule has 120 valence electrons. The van der Waals surface area contributed by atoms with Crippen molar-refractivity contribution < 1.29 is 10.1 Å². The minimum Gasteiger partial charge on any atom is -0.251 e. The molecule has 0 saturated carbocycles. The fraction of sp³-hybridized carbons (Fsp3) is 0.684. The highest BCUT2D eigenvalue weighted by molar-refractivity contribution is 5.27. The molecule has 0 fully saturated rings. The SMILES string of the molecule is CCCCCCCCCCCC(OO)c1ccccc1C. The van der Waals surface area contributed by atoms with Gasteiger partial charge in [-0.2, -0.15) is 0 Å². The van der Waals surface area contributed by atoms with Crippen molar-refractivity contribution >= 4 is 0 Å². The van der Waals surface area contributed by atoms with Crippen LogP contribution in [-0.2, 0) is 4.89 Å². The molecule has 0 spiro atoms. The van der Waals surface area contributed by atoms with Crippen molar-refractivity contribution in [2.45, 2.75) is 84.2 Å². The van der Waals surface area contributed by atoms with Gasteiger partial charge in [-0.1, -0.05) is 89.0 Å². The van der Waals surface area contributed by atoms with Crippen LogP contribution in [0.25, 0.3) is 0 Å². The Labute approximate surface area is 130 Å². The second-order valence-corrected chi connectivity index (χ2v) is 6.07. The second kappa shape index (κ2) is 11.8. The van der Waals surface area contributed by atoms with Crippen LogP contribution in [0.3, 0.4) is 0 Å². The van der Waals surface area contributed by atoms with Gasteiger partial charge in [0, 0.05) is 0 Å². The number of rotatable bonds is 12. The first-order valence-corrected chi connectivity index (χ1v) is 8.65. The van der Waals surface area contributed by atoms with Crippen LogP contribution in [0.2, 0.25) is 0 Å². The Morgan fingerprint density at radius 2 is 1.48 bits per heavy atom. The summed E-state index contributed by atoms with van der Waals surface area (Å²) in [6.07, 6.45) is 12.6. The lowest BCUT2D eigenvalue weighted by molar-refractivity contribution is -0.283. The molecule has 2 nitrogen and oxygen atoms in total. The van der Waals surface area contributed by atoms with Gasteiger partial charge in [0.25, 0.3) is 0 Å². The van der Waals surface area contributed by atoms with E-state index in [1.807, 2.05) is 18.2 Å².